The van der Waals surface area contributed by atoms with Gasteiger partial charge >= 0.3 is 88.7 Å². The van der Waals surface area contributed by atoms with E-state index in [4.69, 9.17) is 26.8 Å². The van der Waals surface area contributed by atoms with E-state index in [0.29, 0.717) is 36.2 Å². The number of unbranched alkanes of at least 4 members (excludes halogenated alkanes) is 12. The van der Waals surface area contributed by atoms with Gasteiger partial charge in [-0.3, -0.25) is 0 Å². The minimum absolute atomic E-state index is 0. The molecule has 0 aromatic carbocycles. The van der Waals surface area contributed by atoms with Gasteiger partial charge in [0.15, 0.2) is 6.29 Å². The quantitative estimate of drug-likeness (QED) is 0.0393. The Morgan fingerprint density at radius 3 is 1.41 bits per heavy atom. The van der Waals surface area contributed by atoms with Crippen LogP contribution in [0.4, 0.5) is 0 Å². The third-order valence-electron chi connectivity index (χ3n) is 15.8. The van der Waals surface area contributed by atoms with Crippen LogP contribution in [0.2, 0.25) is 0 Å². The average Bonchev–Trinajstić information content (AvgIpc) is 3.98. The fraction of sp³-hybridized carbons (Fsp3) is 1.00. The largest absolute Gasteiger partial charge is 1.00 e. The van der Waals surface area contributed by atoms with E-state index < -0.39 is 12.4 Å². The topological polar surface area (TPSA) is 68.2 Å². The molecule has 13 atom stereocenters. The smallest absolute Gasteiger partial charge is 0.789 e. The molecule has 5 nitrogen and oxygen atoms in total. The van der Waals surface area contributed by atoms with E-state index in [9.17, 15) is 10.2 Å². The van der Waals surface area contributed by atoms with Crippen LogP contribution in [0, 0.1) is 65.1 Å². The van der Waals surface area contributed by atoms with Gasteiger partial charge in [-0.25, -0.2) is 0 Å². The van der Waals surface area contributed by atoms with Gasteiger partial charge in [-0.1, -0.05) is 229 Å². The Labute approximate surface area is 484 Å². The molecular weight excluding hydrogens is 866 g/mol. The molecule has 0 aromatic heterocycles. The summed E-state index contributed by atoms with van der Waals surface area (Å²) in [6.07, 6.45) is 35.5. The number of rotatable bonds is 43. The molecular formula is C57H111Na3O5S+2. The number of hydrogen-bond donors (Lipinski definition) is 2. The molecule has 1 aliphatic heterocycles. The molecule has 12 unspecified atom stereocenters. The summed E-state index contributed by atoms with van der Waals surface area (Å²) >= 11 is 5.88. The Kier molecular flexibility index (Phi) is 48.0. The van der Waals surface area contributed by atoms with Crippen molar-refractivity contribution >= 4 is 12.6 Å². The van der Waals surface area contributed by atoms with Crippen molar-refractivity contribution in [1.29, 1.82) is 0 Å². The SMILES string of the molecule is CCC(CO)CC(C1C2C(CC)OC(OCC(CCCCCCCCCCCCCCCC(C)C)COCCC(C)CCCC(C)CCCC(C)CCCC(C)C)C(O)C21)[C@@H](C)[S-].[Na+].[Na+].[Na+]. The molecule has 0 aromatic rings. The first kappa shape index (κ1) is 71.2. The van der Waals surface area contributed by atoms with Crippen LogP contribution >= 0.6 is 0 Å². The fourth-order valence-electron chi connectivity index (χ4n) is 11.2. The number of hydrogen-bond acceptors (Lipinski definition) is 6. The van der Waals surface area contributed by atoms with Crippen LogP contribution in [0.3, 0.4) is 0 Å². The van der Waals surface area contributed by atoms with Crippen LogP contribution in [-0.4, -0.2) is 60.4 Å². The second kappa shape index (κ2) is 44.4. The molecule has 0 radical (unpaired) electrons. The van der Waals surface area contributed by atoms with Gasteiger partial charge in [0.05, 0.1) is 19.3 Å². The predicted octanol–water partition coefficient (Wildman–Crippen LogP) is 6.94. The molecule has 1 aliphatic carbocycles. The van der Waals surface area contributed by atoms with Crippen molar-refractivity contribution in [3.63, 3.8) is 0 Å². The van der Waals surface area contributed by atoms with Gasteiger partial charge in [0.25, 0.3) is 0 Å². The third-order valence-corrected chi connectivity index (χ3v) is 16.2. The molecule has 376 valence electrons. The minimum atomic E-state index is -0.628. The van der Waals surface area contributed by atoms with Gasteiger partial charge < -0.3 is 37.1 Å². The summed E-state index contributed by atoms with van der Waals surface area (Å²) < 4.78 is 19.6. The van der Waals surface area contributed by atoms with Gasteiger partial charge in [0.1, 0.15) is 6.10 Å². The van der Waals surface area contributed by atoms with Crippen LogP contribution in [-0.2, 0) is 26.8 Å². The van der Waals surface area contributed by atoms with Gasteiger partial charge in [0, 0.05) is 19.1 Å². The second-order valence-electron chi connectivity index (χ2n) is 22.9. The summed E-state index contributed by atoms with van der Waals surface area (Å²) in [5.41, 5.74) is 0. The second-order valence-corrected chi connectivity index (χ2v) is 23.6. The van der Waals surface area contributed by atoms with Crippen LogP contribution in [0.1, 0.15) is 249 Å². The van der Waals surface area contributed by atoms with Crippen molar-refractivity contribution in [2.75, 3.05) is 26.4 Å². The zero-order valence-electron chi connectivity index (χ0n) is 46.8. The maximum Gasteiger partial charge on any atom is 1.00 e. The van der Waals surface area contributed by atoms with Crippen molar-refractivity contribution in [2.45, 2.75) is 273 Å². The average molecular weight is 978 g/mol. The first-order valence-electron chi connectivity index (χ1n) is 28.1. The maximum atomic E-state index is 11.7. The zero-order valence-corrected chi connectivity index (χ0v) is 53.6. The maximum absolute atomic E-state index is 11.7. The van der Waals surface area contributed by atoms with Gasteiger partial charge in [-0.2, -0.15) is 5.25 Å². The van der Waals surface area contributed by atoms with Crippen LogP contribution in [0.5, 0.6) is 0 Å². The summed E-state index contributed by atoms with van der Waals surface area (Å²) in [5, 5.41) is 21.8. The monoisotopic (exact) mass is 977 g/mol. The van der Waals surface area contributed by atoms with Gasteiger partial charge in [-0.05, 0) is 78.9 Å². The van der Waals surface area contributed by atoms with E-state index in [-0.39, 0.29) is 118 Å². The van der Waals surface area contributed by atoms with Crippen molar-refractivity contribution in [3.05, 3.63) is 0 Å². The predicted molar refractivity (Wildman–Crippen MR) is 274 cm³/mol. The molecule has 2 aliphatic rings. The van der Waals surface area contributed by atoms with Crippen molar-refractivity contribution < 1.29 is 113 Å². The van der Waals surface area contributed by atoms with Crippen LogP contribution < -0.4 is 88.7 Å². The van der Waals surface area contributed by atoms with Crippen molar-refractivity contribution in [2.24, 2.45) is 65.1 Å². The first-order valence-corrected chi connectivity index (χ1v) is 28.6. The van der Waals surface area contributed by atoms with Gasteiger partial charge in [0.2, 0.25) is 0 Å². The van der Waals surface area contributed by atoms with Gasteiger partial charge in [-0.15, -0.1) is 0 Å². The molecule has 1 saturated carbocycles. The van der Waals surface area contributed by atoms with Crippen LogP contribution in [0.25, 0.3) is 0 Å². The molecule has 2 rings (SSSR count). The van der Waals surface area contributed by atoms with E-state index in [2.05, 4.69) is 69.2 Å². The molecule has 9 heteroatoms. The fourth-order valence-corrected chi connectivity index (χ4v) is 11.5. The summed E-state index contributed by atoms with van der Waals surface area (Å²) in [6, 6.07) is 0. The molecule has 0 bridgehead atoms. The number of ether oxygens (including phenoxy) is 3. The summed E-state index contributed by atoms with van der Waals surface area (Å²) in [6.45, 7) is 25.5. The molecule has 0 amide bonds. The zero-order chi connectivity index (χ0) is 46.4. The number of aliphatic hydroxyl groups is 2. The first-order chi connectivity index (χ1) is 30.3. The summed E-state index contributed by atoms with van der Waals surface area (Å²) in [5.74, 6) is 5.84. The Balaban J connectivity index is 0. The third kappa shape index (κ3) is 32.5. The van der Waals surface area contributed by atoms with Crippen molar-refractivity contribution in [1.82, 2.24) is 0 Å². The Bertz CT molecular complexity index is 1050. The van der Waals surface area contributed by atoms with Crippen molar-refractivity contribution in [3.8, 4) is 0 Å². The Hall–Kier alpha value is 3.15. The molecule has 0 spiro atoms. The standard InChI is InChI=1S/C57H112O5S.3Na/c1-11-49(40-58)39-51(48(10)63)53-54-52(12-2)62-57(56(59)55(53)54)61-42-50(36-25-23-21-19-17-15-13-14-16-18-20-22-24-29-43(3)4)41-60-38-37-47(9)35-28-34-46(8)33-27-32-45(7)31-26-30-44(5)6;;;/h43-59,63H,11-42H2,1-10H3;;;/q;3*+1/p-1/t45?,46?,47?,48-,49?,50?,51?,52?,53?,54?,55?,56?,57?;;;/m1.../s1. The normalized spacial score (nSPS) is 23.5. The Morgan fingerprint density at radius 2 is 0.970 bits per heavy atom. The molecule has 2 fully saturated rings. The number of aliphatic hydroxyl groups excluding tert-OH is 2. The Morgan fingerprint density at radius 1 is 0.530 bits per heavy atom. The van der Waals surface area contributed by atoms with E-state index in [1.807, 2.05) is 0 Å². The van der Waals surface area contributed by atoms with E-state index in [0.717, 1.165) is 69.0 Å². The molecule has 1 saturated heterocycles. The summed E-state index contributed by atoms with van der Waals surface area (Å²) in [4.78, 5) is 0. The number of fused-ring (bicyclic) bond motifs is 1. The molecule has 66 heavy (non-hydrogen) atoms. The molecule has 1 heterocycles. The minimum Gasteiger partial charge on any atom is -0.789 e. The van der Waals surface area contributed by atoms with Crippen LogP contribution in [0.15, 0.2) is 0 Å². The molecule has 2 N–H and O–H groups in total. The van der Waals surface area contributed by atoms with E-state index in [1.54, 1.807) is 0 Å². The van der Waals surface area contributed by atoms with E-state index >= 15 is 0 Å². The van der Waals surface area contributed by atoms with E-state index in [1.165, 1.54) is 148 Å². The summed E-state index contributed by atoms with van der Waals surface area (Å²) in [7, 11) is 0.